The summed E-state index contributed by atoms with van der Waals surface area (Å²) in [6.45, 7) is 6.31. The first kappa shape index (κ1) is 17.6. The summed E-state index contributed by atoms with van der Waals surface area (Å²) in [5, 5.41) is 11.6. The minimum atomic E-state index is -0.222. The molecule has 1 aromatic carbocycles. The fraction of sp³-hybridized carbons (Fsp3) is 0.263. The van der Waals surface area contributed by atoms with Crippen LogP contribution in [-0.4, -0.2) is 32.0 Å². The maximum atomic E-state index is 12.2. The Hall–Kier alpha value is -3.22. The summed E-state index contributed by atoms with van der Waals surface area (Å²) in [6.07, 6.45) is 0. The maximum absolute atomic E-state index is 12.2. The Bertz CT molecular complexity index is 1000. The van der Waals surface area contributed by atoms with Crippen molar-refractivity contribution in [3.05, 3.63) is 75.3 Å². The van der Waals surface area contributed by atoms with Crippen molar-refractivity contribution in [2.75, 3.05) is 6.54 Å². The Labute approximate surface area is 151 Å². The van der Waals surface area contributed by atoms with Crippen molar-refractivity contribution in [1.82, 2.24) is 24.9 Å². The average molecular weight is 351 g/mol. The quantitative estimate of drug-likeness (QED) is 0.760. The number of benzene rings is 1. The molecule has 0 aliphatic carbocycles. The molecule has 3 aromatic rings. The second-order valence-corrected chi connectivity index (χ2v) is 6.16. The van der Waals surface area contributed by atoms with Gasteiger partial charge in [-0.2, -0.15) is 5.10 Å². The molecule has 7 heteroatoms. The van der Waals surface area contributed by atoms with E-state index in [0.29, 0.717) is 17.9 Å². The van der Waals surface area contributed by atoms with Crippen LogP contribution in [0.1, 0.15) is 27.3 Å². The third kappa shape index (κ3) is 3.72. The van der Waals surface area contributed by atoms with Gasteiger partial charge in [0.1, 0.15) is 0 Å². The molecule has 0 saturated heterocycles. The van der Waals surface area contributed by atoms with Gasteiger partial charge in [-0.3, -0.25) is 9.59 Å². The Morgan fingerprint density at radius 2 is 1.85 bits per heavy atom. The highest BCUT2D eigenvalue weighted by Gasteiger charge is 2.09. The molecule has 1 N–H and O–H groups in total. The van der Waals surface area contributed by atoms with Crippen LogP contribution < -0.4 is 10.9 Å². The minimum absolute atomic E-state index is 0.161. The minimum Gasteiger partial charge on any atom is -0.350 e. The van der Waals surface area contributed by atoms with E-state index in [2.05, 4.69) is 15.5 Å². The fourth-order valence-corrected chi connectivity index (χ4v) is 2.77. The molecule has 0 saturated carbocycles. The molecule has 0 fully saturated rings. The van der Waals surface area contributed by atoms with Crippen molar-refractivity contribution in [2.24, 2.45) is 0 Å². The number of carbonyl (C=O) groups excluding carboxylic acids is 1. The molecule has 0 spiro atoms. The van der Waals surface area contributed by atoms with Crippen LogP contribution in [0.15, 0.2) is 47.3 Å². The molecule has 2 aromatic heterocycles. The molecule has 0 atom stereocenters. The molecule has 2 heterocycles. The Kier molecular flexibility index (Phi) is 4.97. The molecule has 0 radical (unpaired) electrons. The highest BCUT2D eigenvalue weighted by molar-refractivity contribution is 5.95. The van der Waals surface area contributed by atoms with Crippen molar-refractivity contribution in [3.8, 4) is 5.82 Å². The average Bonchev–Trinajstić information content (AvgIpc) is 2.95. The first-order valence-electron chi connectivity index (χ1n) is 8.41. The van der Waals surface area contributed by atoms with E-state index in [1.165, 1.54) is 10.7 Å². The van der Waals surface area contributed by atoms with Gasteiger partial charge < -0.3 is 5.32 Å². The van der Waals surface area contributed by atoms with E-state index >= 15 is 0 Å². The summed E-state index contributed by atoms with van der Waals surface area (Å²) in [4.78, 5) is 24.3. The van der Waals surface area contributed by atoms with Crippen molar-refractivity contribution < 1.29 is 4.79 Å². The van der Waals surface area contributed by atoms with E-state index in [-0.39, 0.29) is 18.0 Å². The van der Waals surface area contributed by atoms with Crippen LogP contribution in [0.3, 0.4) is 0 Å². The molecule has 134 valence electrons. The lowest BCUT2D eigenvalue weighted by Crippen LogP contribution is -2.32. The molecule has 0 aliphatic rings. The second-order valence-electron chi connectivity index (χ2n) is 6.16. The SMILES string of the molecule is Cc1cc(C)n(-c2ccc(=O)n(CCNC(=O)c3ccccc3C)n2)n1. The summed E-state index contributed by atoms with van der Waals surface area (Å²) in [5.74, 6) is 0.409. The molecule has 7 nitrogen and oxygen atoms in total. The van der Waals surface area contributed by atoms with Gasteiger partial charge in [0.05, 0.1) is 12.2 Å². The van der Waals surface area contributed by atoms with Gasteiger partial charge in [-0.1, -0.05) is 18.2 Å². The largest absolute Gasteiger partial charge is 0.350 e. The smallest absolute Gasteiger partial charge is 0.266 e. The number of hydrogen-bond acceptors (Lipinski definition) is 4. The Morgan fingerprint density at radius 3 is 2.54 bits per heavy atom. The van der Waals surface area contributed by atoms with Crippen LogP contribution >= 0.6 is 0 Å². The van der Waals surface area contributed by atoms with Crippen LogP contribution in [0.25, 0.3) is 5.82 Å². The lowest BCUT2D eigenvalue weighted by Gasteiger charge is -2.10. The maximum Gasteiger partial charge on any atom is 0.266 e. The number of nitrogens with zero attached hydrogens (tertiary/aromatic N) is 4. The van der Waals surface area contributed by atoms with Crippen LogP contribution in [0.5, 0.6) is 0 Å². The van der Waals surface area contributed by atoms with Gasteiger partial charge in [0.2, 0.25) is 0 Å². The van der Waals surface area contributed by atoms with Gasteiger partial charge in [-0.05, 0) is 44.5 Å². The number of nitrogens with one attached hydrogen (secondary N) is 1. The van der Waals surface area contributed by atoms with Gasteiger partial charge in [0.25, 0.3) is 11.5 Å². The summed E-state index contributed by atoms with van der Waals surface area (Å²) < 4.78 is 3.03. The van der Waals surface area contributed by atoms with E-state index in [9.17, 15) is 9.59 Å². The van der Waals surface area contributed by atoms with Gasteiger partial charge in [-0.15, -0.1) is 5.10 Å². The van der Waals surface area contributed by atoms with Crippen molar-refractivity contribution in [2.45, 2.75) is 27.3 Å². The number of amides is 1. The van der Waals surface area contributed by atoms with Crippen molar-refractivity contribution in [1.29, 1.82) is 0 Å². The zero-order chi connectivity index (χ0) is 18.7. The summed E-state index contributed by atoms with van der Waals surface area (Å²) in [7, 11) is 0. The van der Waals surface area contributed by atoms with Gasteiger partial charge >= 0.3 is 0 Å². The molecule has 26 heavy (non-hydrogen) atoms. The van der Waals surface area contributed by atoms with Crippen molar-refractivity contribution >= 4 is 5.91 Å². The molecule has 0 bridgehead atoms. The molecular weight excluding hydrogens is 330 g/mol. The summed E-state index contributed by atoms with van der Waals surface area (Å²) >= 11 is 0. The number of hydrogen-bond donors (Lipinski definition) is 1. The van der Waals surface area contributed by atoms with Crippen LogP contribution in [0.4, 0.5) is 0 Å². The lowest BCUT2D eigenvalue weighted by atomic mass is 10.1. The van der Waals surface area contributed by atoms with Gasteiger partial charge in [-0.25, -0.2) is 9.36 Å². The highest BCUT2D eigenvalue weighted by Crippen LogP contribution is 2.08. The number of rotatable bonds is 5. The van der Waals surface area contributed by atoms with Crippen LogP contribution in [0.2, 0.25) is 0 Å². The van der Waals surface area contributed by atoms with Gasteiger partial charge in [0.15, 0.2) is 5.82 Å². The molecule has 1 amide bonds. The third-order valence-electron chi connectivity index (χ3n) is 4.08. The lowest BCUT2D eigenvalue weighted by molar-refractivity contribution is 0.0951. The Balaban J connectivity index is 1.71. The zero-order valence-corrected chi connectivity index (χ0v) is 15.1. The van der Waals surface area contributed by atoms with Gasteiger partial charge in [0, 0.05) is 23.9 Å². The second kappa shape index (κ2) is 7.35. The Morgan fingerprint density at radius 1 is 1.08 bits per heavy atom. The molecule has 0 unspecified atom stereocenters. The molecule has 3 rings (SSSR count). The van der Waals surface area contributed by atoms with Crippen LogP contribution in [0, 0.1) is 20.8 Å². The normalized spacial score (nSPS) is 10.7. The fourth-order valence-electron chi connectivity index (χ4n) is 2.77. The van der Waals surface area contributed by atoms with E-state index < -0.39 is 0 Å². The third-order valence-corrected chi connectivity index (χ3v) is 4.08. The summed E-state index contributed by atoms with van der Waals surface area (Å²) in [5.41, 5.74) is 3.14. The van der Waals surface area contributed by atoms with Crippen LogP contribution in [-0.2, 0) is 6.54 Å². The highest BCUT2D eigenvalue weighted by atomic mass is 16.2. The number of aromatic nitrogens is 4. The summed E-state index contributed by atoms with van der Waals surface area (Å²) in [6, 6.07) is 12.4. The molecule has 0 aliphatic heterocycles. The standard InChI is InChI=1S/C19H21N5O2/c1-13-6-4-5-7-16(13)19(26)20-10-11-23-18(25)9-8-17(22-23)24-15(3)12-14(2)21-24/h4-9,12H,10-11H2,1-3H3,(H,20,26). The predicted molar refractivity (Wildman–Crippen MR) is 98.6 cm³/mol. The van der Waals surface area contributed by atoms with E-state index in [0.717, 1.165) is 17.0 Å². The zero-order valence-electron chi connectivity index (χ0n) is 15.1. The first-order chi connectivity index (χ1) is 12.5. The monoisotopic (exact) mass is 351 g/mol. The number of carbonyl (C=O) groups is 1. The van der Waals surface area contributed by atoms with E-state index in [1.807, 2.05) is 45.0 Å². The van der Waals surface area contributed by atoms with E-state index in [1.54, 1.807) is 16.8 Å². The molecular formula is C19H21N5O2. The first-order valence-corrected chi connectivity index (χ1v) is 8.41. The van der Waals surface area contributed by atoms with E-state index in [4.69, 9.17) is 0 Å². The number of aryl methyl sites for hydroxylation is 3. The predicted octanol–water partition coefficient (Wildman–Crippen LogP) is 1.78. The topological polar surface area (TPSA) is 81.8 Å². The van der Waals surface area contributed by atoms with Crippen molar-refractivity contribution in [3.63, 3.8) is 0 Å².